The van der Waals surface area contributed by atoms with Gasteiger partial charge in [0.05, 0.1) is 0 Å². The third kappa shape index (κ3) is 4.61. The van der Waals surface area contributed by atoms with Gasteiger partial charge >= 0.3 is 12.1 Å². The van der Waals surface area contributed by atoms with Gasteiger partial charge in [-0.05, 0) is 24.1 Å². The van der Waals surface area contributed by atoms with Crippen molar-refractivity contribution in [3.63, 3.8) is 0 Å². The summed E-state index contributed by atoms with van der Waals surface area (Å²) in [6, 6.07) is 18.8. The Kier molecular flexibility index (Phi) is 5.86. The molecule has 1 unspecified atom stereocenters. The van der Waals surface area contributed by atoms with E-state index in [0.29, 0.717) is 19.5 Å². The van der Waals surface area contributed by atoms with Crippen LogP contribution in [0.3, 0.4) is 0 Å². The number of benzene rings is 2. The predicted molar refractivity (Wildman–Crippen MR) is 96.2 cm³/mol. The number of carbonyl (C=O) groups is 2. The monoisotopic (exact) mass is 354 g/mol. The maximum absolute atomic E-state index is 12.6. The van der Waals surface area contributed by atoms with Crippen molar-refractivity contribution in [2.24, 2.45) is 0 Å². The standard InChI is InChI=1S/C20H22N2O4/c23-18(25-13-16-7-3-1-4-8-16)20(11-12-21-15-20)22-19(24)26-14-17-9-5-2-6-10-17/h1-10,21H,11-15H2,(H,22,24). The molecule has 136 valence electrons. The van der Waals surface area contributed by atoms with Crippen LogP contribution in [0.25, 0.3) is 0 Å². The third-order valence-electron chi connectivity index (χ3n) is 4.31. The van der Waals surface area contributed by atoms with Gasteiger partial charge in [0, 0.05) is 6.54 Å². The molecule has 0 aliphatic carbocycles. The lowest BCUT2D eigenvalue weighted by Gasteiger charge is -2.26. The first kappa shape index (κ1) is 17.9. The first-order valence-electron chi connectivity index (χ1n) is 8.59. The Bertz CT molecular complexity index is 728. The Hall–Kier alpha value is -2.86. The van der Waals surface area contributed by atoms with Gasteiger partial charge in [0.1, 0.15) is 13.2 Å². The lowest BCUT2D eigenvalue weighted by molar-refractivity contribution is -0.152. The number of esters is 1. The molecular formula is C20H22N2O4. The van der Waals surface area contributed by atoms with Crippen molar-refractivity contribution in [1.82, 2.24) is 10.6 Å². The predicted octanol–water partition coefficient (Wildman–Crippen LogP) is 2.39. The lowest BCUT2D eigenvalue weighted by atomic mass is 9.99. The van der Waals surface area contributed by atoms with E-state index in [0.717, 1.165) is 11.1 Å². The summed E-state index contributed by atoms with van der Waals surface area (Å²) in [5.74, 6) is -0.456. The number of nitrogens with one attached hydrogen (secondary N) is 2. The molecule has 1 fully saturated rings. The van der Waals surface area contributed by atoms with Crippen molar-refractivity contribution in [2.75, 3.05) is 13.1 Å². The van der Waals surface area contributed by atoms with Crippen LogP contribution in [0.1, 0.15) is 17.5 Å². The van der Waals surface area contributed by atoms with Gasteiger partial charge in [-0.2, -0.15) is 0 Å². The van der Waals surface area contributed by atoms with Crippen LogP contribution in [0.5, 0.6) is 0 Å². The zero-order valence-corrected chi connectivity index (χ0v) is 14.4. The van der Waals surface area contributed by atoms with E-state index in [2.05, 4.69) is 10.6 Å². The van der Waals surface area contributed by atoms with Gasteiger partial charge in [0.2, 0.25) is 0 Å². The van der Waals surface area contributed by atoms with Crippen LogP contribution in [-0.4, -0.2) is 30.7 Å². The van der Waals surface area contributed by atoms with Crippen LogP contribution in [0, 0.1) is 0 Å². The minimum atomic E-state index is -1.09. The van der Waals surface area contributed by atoms with Crippen LogP contribution in [-0.2, 0) is 27.5 Å². The summed E-state index contributed by atoms with van der Waals surface area (Å²) in [4.78, 5) is 24.8. The molecule has 2 N–H and O–H groups in total. The second-order valence-electron chi connectivity index (χ2n) is 6.26. The summed E-state index contributed by atoms with van der Waals surface area (Å²) in [5, 5.41) is 5.80. The highest BCUT2D eigenvalue weighted by Gasteiger charge is 2.44. The average Bonchev–Trinajstić information content (AvgIpc) is 3.16. The Balaban J connectivity index is 1.56. The third-order valence-corrected chi connectivity index (χ3v) is 4.31. The molecule has 26 heavy (non-hydrogen) atoms. The topological polar surface area (TPSA) is 76.7 Å². The fourth-order valence-electron chi connectivity index (χ4n) is 2.84. The Morgan fingerprint density at radius 2 is 1.50 bits per heavy atom. The Morgan fingerprint density at radius 1 is 0.923 bits per heavy atom. The highest BCUT2D eigenvalue weighted by molar-refractivity contribution is 5.86. The van der Waals surface area contributed by atoms with Crippen molar-refractivity contribution in [1.29, 1.82) is 0 Å². The highest BCUT2D eigenvalue weighted by Crippen LogP contribution is 2.18. The van der Waals surface area contributed by atoms with Crippen molar-refractivity contribution in [2.45, 2.75) is 25.2 Å². The van der Waals surface area contributed by atoms with E-state index < -0.39 is 17.6 Å². The maximum Gasteiger partial charge on any atom is 0.408 e. The summed E-state index contributed by atoms with van der Waals surface area (Å²) in [6.07, 6.45) is -0.171. The van der Waals surface area contributed by atoms with Crippen molar-refractivity contribution in [3.8, 4) is 0 Å². The minimum absolute atomic E-state index is 0.148. The summed E-state index contributed by atoms with van der Waals surface area (Å²) < 4.78 is 10.7. The van der Waals surface area contributed by atoms with Crippen LogP contribution >= 0.6 is 0 Å². The number of hydrogen-bond acceptors (Lipinski definition) is 5. The van der Waals surface area contributed by atoms with Crippen LogP contribution in [0.15, 0.2) is 60.7 Å². The van der Waals surface area contributed by atoms with E-state index in [1.165, 1.54) is 0 Å². The van der Waals surface area contributed by atoms with Gasteiger partial charge in [-0.25, -0.2) is 9.59 Å². The zero-order valence-electron chi connectivity index (χ0n) is 14.4. The van der Waals surface area contributed by atoms with Crippen molar-refractivity contribution >= 4 is 12.1 Å². The van der Waals surface area contributed by atoms with Crippen molar-refractivity contribution in [3.05, 3.63) is 71.8 Å². The summed E-state index contributed by atoms with van der Waals surface area (Å²) in [5.41, 5.74) is 0.684. The molecule has 6 heteroatoms. The Morgan fingerprint density at radius 3 is 2.04 bits per heavy atom. The molecule has 6 nitrogen and oxygen atoms in total. The molecule has 0 aromatic heterocycles. The van der Waals surface area contributed by atoms with Gasteiger partial charge < -0.3 is 20.1 Å². The fourth-order valence-corrected chi connectivity index (χ4v) is 2.84. The highest BCUT2D eigenvalue weighted by atomic mass is 16.6. The number of ether oxygens (including phenoxy) is 2. The molecule has 3 rings (SSSR count). The summed E-state index contributed by atoms with van der Waals surface area (Å²) in [7, 11) is 0. The molecule has 1 aliphatic heterocycles. The minimum Gasteiger partial charge on any atom is -0.459 e. The molecule has 0 radical (unpaired) electrons. The molecule has 2 aromatic carbocycles. The normalized spacial score (nSPS) is 18.9. The lowest BCUT2D eigenvalue weighted by Crippen LogP contribution is -2.56. The van der Waals surface area contributed by atoms with E-state index in [1.54, 1.807) is 0 Å². The molecule has 2 aromatic rings. The van der Waals surface area contributed by atoms with Crippen LogP contribution < -0.4 is 10.6 Å². The molecular weight excluding hydrogens is 332 g/mol. The average molecular weight is 354 g/mol. The van der Waals surface area contributed by atoms with E-state index in [9.17, 15) is 9.59 Å². The first-order chi connectivity index (χ1) is 12.7. The molecule has 1 saturated heterocycles. The van der Waals surface area contributed by atoms with Gasteiger partial charge in [-0.3, -0.25) is 0 Å². The SMILES string of the molecule is O=C(NC1(C(=O)OCc2ccccc2)CCNC1)OCc1ccccc1. The summed E-state index contributed by atoms with van der Waals surface area (Å²) >= 11 is 0. The van der Waals surface area contributed by atoms with Crippen molar-refractivity contribution < 1.29 is 19.1 Å². The van der Waals surface area contributed by atoms with Crippen LogP contribution in [0.2, 0.25) is 0 Å². The quantitative estimate of drug-likeness (QED) is 0.779. The molecule has 0 spiro atoms. The molecule has 1 atom stereocenters. The number of amides is 1. The first-order valence-corrected chi connectivity index (χ1v) is 8.59. The van der Waals surface area contributed by atoms with Crippen LogP contribution in [0.4, 0.5) is 4.79 Å². The zero-order chi connectivity index (χ0) is 18.2. The second-order valence-corrected chi connectivity index (χ2v) is 6.26. The van der Waals surface area contributed by atoms with Gasteiger partial charge in [-0.15, -0.1) is 0 Å². The fraction of sp³-hybridized carbons (Fsp3) is 0.300. The molecule has 1 heterocycles. The number of hydrogen-bond donors (Lipinski definition) is 2. The molecule has 0 saturated carbocycles. The van der Waals surface area contributed by atoms with E-state index >= 15 is 0 Å². The maximum atomic E-state index is 12.6. The largest absolute Gasteiger partial charge is 0.459 e. The second kappa shape index (κ2) is 8.49. The van der Waals surface area contributed by atoms with E-state index in [-0.39, 0.29) is 13.2 Å². The van der Waals surface area contributed by atoms with E-state index in [1.807, 2.05) is 60.7 Å². The molecule has 0 bridgehead atoms. The van der Waals surface area contributed by atoms with E-state index in [4.69, 9.17) is 9.47 Å². The summed E-state index contributed by atoms with van der Waals surface area (Å²) in [6.45, 7) is 1.26. The number of rotatable bonds is 6. The smallest absolute Gasteiger partial charge is 0.408 e. The number of carbonyl (C=O) groups excluding carboxylic acids is 2. The van der Waals surface area contributed by atoms with Gasteiger partial charge in [-0.1, -0.05) is 60.7 Å². The Labute approximate surface area is 152 Å². The molecule has 1 aliphatic rings. The van der Waals surface area contributed by atoms with Gasteiger partial charge in [0.15, 0.2) is 5.54 Å². The molecule has 1 amide bonds. The van der Waals surface area contributed by atoms with Gasteiger partial charge in [0.25, 0.3) is 0 Å². The number of alkyl carbamates (subject to hydrolysis) is 1.